The molecule has 1 aliphatic rings. The van der Waals surface area contributed by atoms with Crippen molar-refractivity contribution in [1.82, 2.24) is 14.9 Å². The number of rotatable bonds is 6. The molecule has 0 saturated heterocycles. The first-order chi connectivity index (χ1) is 15.5. The van der Waals surface area contributed by atoms with Gasteiger partial charge in [-0.25, -0.2) is 4.98 Å². The van der Waals surface area contributed by atoms with Gasteiger partial charge in [0.15, 0.2) is 0 Å². The van der Waals surface area contributed by atoms with Crippen LogP contribution < -0.4 is 15.6 Å². The van der Waals surface area contributed by atoms with Crippen LogP contribution in [0.1, 0.15) is 36.3 Å². The molecule has 0 aliphatic heterocycles. The van der Waals surface area contributed by atoms with Crippen LogP contribution in [0.15, 0.2) is 47.5 Å². The number of ether oxygens (including phenoxy) is 1. The Bertz CT molecular complexity index is 1340. The van der Waals surface area contributed by atoms with Crippen molar-refractivity contribution in [3.05, 3.63) is 69.1 Å². The number of hydrogen-bond donors (Lipinski definition) is 1. The minimum absolute atomic E-state index is 0.0519. The molecule has 0 fully saturated rings. The molecule has 0 spiro atoms. The summed E-state index contributed by atoms with van der Waals surface area (Å²) in [6.45, 7) is 5.94. The number of benzene rings is 2. The third-order valence-corrected chi connectivity index (χ3v) is 7.56. The minimum atomic E-state index is 0.0519. The lowest BCUT2D eigenvalue weighted by molar-refractivity contribution is 0.409. The first-order valence-corrected chi connectivity index (χ1v) is 12.1. The van der Waals surface area contributed by atoms with Gasteiger partial charge in [-0.05, 0) is 54.1 Å². The summed E-state index contributed by atoms with van der Waals surface area (Å²) >= 11 is 1.69. The Morgan fingerprint density at radius 3 is 2.91 bits per heavy atom. The second-order valence-electron chi connectivity index (χ2n) is 9.07. The number of methoxy groups -OCH3 is 1. The summed E-state index contributed by atoms with van der Waals surface area (Å²) in [4.78, 5) is 20.5. The van der Waals surface area contributed by atoms with Gasteiger partial charge in [0.1, 0.15) is 10.6 Å². The standard InChI is InChI=1S/C26H29N3O2S/c1-16(2)13-27-18-9-10-20-23(12-18)32-25-24(20)26(30)29(15-28-25)14-21-19-7-5-4-6-17(19)8-11-22(21)31-3/h4-8,11,15-16,18,27H,9-10,12-14H2,1-3H3/t18-/m0/s1. The van der Waals surface area contributed by atoms with Crippen LogP contribution in [-0.2, 0) is 19.4 Å². The molecule has 4 aromatic rings. The quantitative estimate of drug-likeness (QED) is 0.463. The van der Waals surface area contributed by atoms with Crippen molar-refractivity contribution in [3.8, 4) is 5.75 Å². The van der Waals surface area contributed by atoms with Crippen molar-refractivity contribution in [2.75, 3.05) is 13.7 Å². The Morgan fingerprint density at radius 2 is 2.09 bits per heavy atom. The van der Waals surface area contributed by atoms with Crippen LogP contribution in [0.25, 0.3) is 21.0 Å². The van der Waals surface area contributed by atoms with Crippen molar-refractivity contribution in [1.29, 1.82) is 0 Å². The van der Waals surface area contributed by atoms with E-state index in [0.717, 1.165) is 58.1 Å². The van der Waals surface area contributed by atoms with E-state index in [1.807, 2.05) is 18.2 Å². The van der Waals surface area contributed by atoms with Crippen molar-refractivity contribution in [3.63, 3.8) is 0 Å². The van der Waals surface area contributed by atoms with Gasteiger partial charge in [-0.1, -0.05) is 44.2 Å². The van der Waals surface area contributed by atoms with Gasteiger partial charge >= 0.3 is 0 Å². The topological polar surface area (TPSA) is 56.2 Å². The highest BCUT2D eigenvalue weighted by atomic mass is 32.1. The van der Waals surface area contributed by atoms with E-state index in [-0.39, 0.29) is 5.56 Å². The number of hydrogen-bond acceptors (Lipinski definition) is 5. The van der Waals surface area contributed by atoms with E-state index < -0.39 is 0 Å². The average Bonchev–Trinajstić information content (AvgIpc) is 3.18. The van der Waals surface area contributed by atoms with Crippen molar-refractivity contribution in [2.45, 2.75) is 45.7 Å². The van der Waals surface area contributed by atoms with Gasteiger partial charge < -0.3 is 10.1 Å². The van der Waals surface area contributed by atoms with Crippen LogP contribution in [-0.4, -0.2) is 29.2 Å². The molecule has 32 heavy (non-hydrogen) atoms. The number of nitrogens with one attached hydrogen (secondary N) is 1. The third-order valence-electron chi connectivity index (χ3n) is 6.40. The number of fused-ring (bicyclic) bond motifs is 4. The van der Waals surface area contributed by atoms with E-state index in [4.69, 9.17) is 9.72 Å². The first-order valence-electron chi connectivity index (χ1n) is 11.3. The van der Waals surface area contributed by atoms with Gasteiger partial charge in [0.05, 0.1) is 25.4 Å². The van der Waals surface area contributed by atoms with Gasteiger partial charge in [0, 0.05) is 16.5 Å². The van der Waals surface area contributed by atoms with Crippen molar-refractivity contribution < 1.29 is 4.74 Å². The highest BCUT2D eigenvalue weighted by Crippen LogP contribution is 2.34. The molecule has 0 saturated carbocycles. The Hall–Kier alpha value is -2.70. The zero-order valence-corrected chi connectivity index (χ0v) is 19.7. The maximum Gasteiger partial charge on any atom is 0.262 e. The van der Waals surface area contributed by atoms with Gasteiger partial charge in [0.2, 0.25) is 0 Å². The summed E-state index contributed by atoms with van der Waals surface area (Å²) < 4.78 is 7.38. The highest BCUT2D eigenvalue weighted by molar-refractivity contribution is 7.18. The Labute approximate surface area is 192 Å². The molecule has 0 unspecified atom stereocenters. The Balaban J connectivity index is 1.52. The van der Waals surface area contributed by atoms with Crippen LogP contribution in [0.4, 0.5) is 0 Å². The highest BCUT2D eigenvalue weighted by Gasteiger charge is 2.25. The van der Waals surface area contributed by atoms with E-state index in [1.165, 1.54) is 10.4 Å². The second-order valence-corrected chi connectivity index (χ2v) is 10.2. The summed E-state index contributed by atoms with van der Waals surface area (Å²) in [6, 6.07) is 12.7. The molecule has 2 heterocycles. The van der Waals surface area contributed by atoms with Crippen LogP contribution >= 0.6 is 11.3 Å². The maximum atomic E-state index is 13.6. The van der Waals surface area contributed by atoms with Crippen LogP contribution in [0, 0.1) is 5.92 Å². The Morgan fingerprint density at radius 1 is 1.25 bits per heavy atom. The van der Waals surface area contributed by atoms with E-state index in [2.05, 4.69) is 37.4 Å². The van der Waals surface area contributed by atoms with E-state index in [9.17, 15) is 4.79 Å². The molecule has 2 aromatic carbocycles. The lowest BCUT2D eigenvalue weighted by Crippen LogP contribution is -2.36. The molecule has 5 nitrogen and oxygen atoms in total. The molecule has 0 bridgehead atoms. The third kappa shape index (κ3) is 3.82. The fraction of sp³-hybridized carbons (Fsp3) is 0.385. The van der Waals surface area contributed by atoms with Crippen LogP contribution in [0.3, 0.4) is 0 Å². The Kier molecular flexibility index (Phi) is 5.74. The molecule has 1 N–H and O–H groups in total. The van der Waals surface area contributed by atoms with Crippen LogP contribution in [0.5, 0.6) is 5.75 Å². The SMILES string of the molecule is COc1ccc2ccccc2c1Cn1cnc2sc3c(c2c1=O)CC[C@H](NCC(C)C)C3. The fourth-order valence-electron chi connectivity index (χ4n) is 4.73. The second kappa shape index (κ2) is 8.68. The molecule has 1 aliphatic carbocycles. The van der Waals surface area contributed by atoms with E-state index in [1.54, 1.807) is 29.3 Å². The van der Waals surface area contributed by atoms with Gasteiger partial charge in [-0.3, -0.25) is 9.36 Å². The predicted octanol–water partition coefficient (Wildman–Crippen LogP) is 4.77. The zero-order chi connectivity index (χ0) is 22.2. The number of thiophene rings is 1. The molecule has 2 aromatic heterocycles. The molecular weight excluding hydrogens is 418 g/mol. The molecule has 5 rings (SSSR count). The lowest BCUT2D eigenvalue weighted by Gasteiger charge is -2.24. The average molecular weight is 448 g/mol. The van der Waals surface area contributed by atoms with Gasteiger partial charge in [-0.2, -0.15) is 0 Å². The molecule has 0 amide bonds. The normalized spacial score (nSPS) is 16.1. The molecule has 166 valence electrons. The van der Waals surface area contributed by atoms with Gasteiger partial charge in [0.25, 0.3) is 5.56 Å². The van der Waals surface area contributed by atoms with Crippen LogP contribution in [0.2, 0.25) is 0 Å². The monoisotopic (exact) mass is 447 g/mol. The summed E-state index contributed by atoms with van der Waals surface area (Å²) in [6.07, 6.45) is 4.68. The van der Waals surface area contributed by atoms with E-state index in [0.29, 0.717) is 18.5 Å². The van der Waals surface area contributed by atoms with E-state index >= 15 is 0 Å². The number of aryl methyl sites for hydroxylation is 1. The first kappa shape index (κ1) is 21.2. The molecule has 6 heteroatoms. The van der Waals surface area contributed by atoms with Gasteiger partial charge in [-0.15, -0.1) is 11.3 Å². The summed E-state index contributed by atoms with van der Waals surface area (Å²) in [7, 11) is 1.68. The lowest BCUT2D eigenvalue weighted by atomic mass is 9.93. The molecule has 1 atom stereocenters. The smallest absolute Gasteiger partial charge is 0.262 e. The maximum absolute atomic E-state index is 13.6. The van der Waals surface area contributed by atoms with Crippen molar-refractivity contribution >= 4 is 32.3 Å². The fourth-order valence-corrected chi connectivity index (χ4v) is 5.99. The minimum Gasteiger partial charge on any atom is -0.496 e. The van der Waals surface area contributed by atoms with Crippen molar-refractivity contribution in [2.24, 2.45) is 5.92 Å². The molecular formula is C26H29N3O2S. The molecule has 0 radical (unpaired) electrons. The summed E-state index contributed by atoms with van der Waals surface area (Å²) in [5.41, 5.74) is 2.27. The largest absolute Gasteiger partial charge is 0.496 e. The predicted molar refractivity (Wildman–Crippen MR) is 132 cm³/mol. The summed E-state index contributed by atoms with van der Waals surface area (Å²) in [5.74, 6) is 1.43. The summed E-state index contributed by atoms with van der Waals surface area (Å²) in [5, 5.41) is 6.74. The number of aromatic nitrogens is 2. The number of nitrogens with zero attached hydrogens (tertiary/aromatic N) is 2. The zero-order valence-electron chi connectivity index (χ0n) is 18.9.